The number of halogens is 1. The monoisotopic (exact) mass is 372 g/mol. The molecule has 3 aromatic rings. The van der Waals surface area contributed by atoms with Gasteiger partial charge in [0.1, 0.15) is 11.6 Å². The van der Waals surface area contributed by atoms with Crippen molar-refractivity contribution < 1.29 is 9.53 Å². The number of methoxy groups -OCH3 is 1. The Bertz CT molecular complexity index is 952. The lowest BCUT2D eigenvalue weighted by Gasteiger charge is -2.11. The van der Waals surface area contributed by atoms with E-state index in [1.54, 1.807) is 6.07 Å². The standard InChI is InChI=1S/C19H21ClN4O2/c1-3-24-16-7-5-4-6-15(16)23-18(24)8-9-22-19(25)12-10-13(20)14(21)11-17(12)26-2/h4-7,10-11H,3,8-9,21H2,1-2H3,(H,22,25). The highest BCUT2D eigenvalue weighted by molar-refractivity contribution is 6.33. The van der Waals surface area contributed by atoms with E-state index in [4.69, 9.17) is 22.1 Å². The van der Waals surface area contributed by atoms with Crippen LogP contribution in [0.5, 0.6) is 5.75 Å². The largest absolute Gasteiger partial charge is 0.496 e. The molecule has 26 heavy (non-hydrogen) atoms. The third kappa shape index (κ3) is 3.46. The summed E-state index contributed by atoms with van der Waals surface area (Å²) in [6, 6.07) is 11.1. The van der Waals surface area contributed by atoms with Gasteiger partial charge in [-0.25, -0.2) is 4.98 Å². The van der Waals surface area contributed by atoms with Crippen molar-refractivity contribution in [3.63, 3.8) is 0 Å². The fourth-order valence-corrected chi connectivity index (χ4v) is 3.13. The number of carbonyl (C=O) groups excluding carboxylic acids is 1. The molecular formula is C19H21ClN4O2. The first-order valence-corrected chi connectivity index (χ1v) is 8.78. The molecule has 136 valence electrons. The second-order valence-electron chi connectivity index (χ2n) is 5.84. The van der Waals surface area contributed by atoms with Gasteiger partial charge in [-0.2, -0.15) is 0 Å². The van der Waals surface area contributed by atoms with Crippen LogP contribution in [0, 0.1) is 0 Å². The number of para-hydroxylation sites is 2. The van der Waals surface area contributed by atoms with Gasteiger partial charge in [0.25, 0.3) is 5.91 Å². The van der Waals surface area contributed by atoms with Gasteiger partial charge in [-0.15, -0.1) is 0 Å². The smallest absolute Gasteiger partial charge is 0.255 e. The van der Waals surface area contributed by atoms with Crippen LogP contribution in [0.25, 0.3) is 11.0 Å². The van der Waals surface area contributed by atoms with Crippen molar-refractivity contribution in [2.24, 2.45) is 0 Å². The summed E-state index contributed by atoms with van der Waals surface area (Å²) in [4.78, 5) is 17.1. The molecule has 0 atom stereocenters. The van der Waals surface area contributed by atoms with Crippen LogP contribution in [0.1, 0.15) is 23.1 Å². The maximum Gasteiger partial charge on any atom is 0.255 e. The number of imidazole rings is 1. The summed E-state index contributed by atoms with van der Waals surface area (Å²) >= 11 is 6.03. The summed E-state index contributed by atoms with van der Waals surface area (Å²) in [6.07, 6.45) is 0.624. The maximum atomic E-state index is 12.5. The molecule has 3 N–H and O–H groups in total. The number of nitrogens with two attached hydrogens (primary N) is 1. The van der Waals surface area contributed by atoms with Gasteiger partial charge in [0.2, 0.25) is 0 Å². The lowest BCUT2D eigenvalue weighted by molar-refractivity contribution is 0.0951. The van der Waals surface area contributed by atoms with E-state index in [1.807, 2.05) is 18.2 Å². The number of rotatable bonds is 6. The number of anilines is 1. The first-order valence-electron chi connectivity index (χ1n) is 8.40. The zero-order chi connectivity index (χ0) is 18.7. The minimum atomic E-state index is -0.261. The van der Waals surface area contributed by atoms with Crippen LogP contribution in [0.15, 0.2) is 36.4 Å². The van der Waals surface area contributed by atoms with Gasteiger partial charge in [0, 0.05) is 25.6 Å². The van der Waals surface area contributed by atoms with Crippen molar-refractivity contribution in [3.05, 3.63) is 52.8 Å². The lowest BCUT2D eigenvalue weighted by Crippen LogP contribution is -2.27. The van der Waals surface area contributed by atoms with Gasteiger partial charge in [-0.3, -0.25) is 4.79 Å². The van der Waals surface area contributed by atoms with Crippen LogP contribution >= 0.6 is 11.6 Å². The van der Waals surface area contributed by atoms with Gasteiger partial charge in [-0.1, -0.05) is 23.7 Å². The molecule has 6 nitrogen and oxygen atoms in total. The van der Waals surface area contributed by atoms with E-state index in [0.717, 1.165) is 23.4 Å². The minimum Gasteiger partial charge on any atom is -0.496 e. The molecule has 0 unspecified atom stereocenters. The fourth-order valence-electron chi connectivity index (χ4n) is 2.97. The normalized spacial score (nSPS) is 10.9. The summed E-state index contributed by atoms with van der Waals surface area (Å²) in [5.74, 6) is 1.07. The highest BCUT2D eigenvalue weighted by Gasteiger charge is 2.15. The quantitative estimate of drug-likeness (QED) is 0.650. The third-order valence-electron chi connectivity index (χ3n) is 4.25. The van der Waals surface area contributed by atoms with Crippen molar-refractivity contribution in [3.8, 4) is 5.75 Å². The van der Waals surface area contributed by atoms with Gasteiger partial charge >= 0.3 is 0 Å². The molecule has 1 aromatic heterocycles. The molecule has 0 bridgehead atoms. The van der Waals surface area contributed by atoms with Crippen LogP contribution in [-0.4, -0.2) is 29.1 Å². The number of hydrogen-bond donors (Lipinski definition) is 2. The highest BCUT2D eigenvalue weighted by Crippen LogP contribution is 2.28. The molecule has 0 aliphatic carbocycles. The molecule has 7 heteroatoms. The zero-order valence-electron chi connectivity index (χ0n) is 14.8. The first-order chi connectivity index (χ1) is 12.5. The minimum absolute atomic E-state index is 0.261. The van der Waals surface area contributed by atoms with Crippen LogP contribution in [-0.2, 0) is 13.0 Å². The van der Waals surface area contributed by atoms with E-state index in [1.165, 1.54) is 13.2 Å². The number of aryl methyl sites for hydroxylation is 1. The topological polar surface area (TPSA) is 82.2 Å². The van der Waals surface area contributed by atoms with Gasteiger partial charge in [-0.05, 0) is 25.1 Å². The summed E-state index contributed by atoms with van der Waals surface area (Å²) in [6.45, 7) is 3.36. The van der Waals surface area contributed by atoms with E-state index in [0.29, 0.717) is 35.0 Å². The maximum absolute atomic E-state index is 12.5. The van der Waals surface area contributed by atoms with Crippen LogP contribution in [0.4, 0.5) is 5.69 Å². The number of nitrogens with one attached hydrogen (secondary N) is 1. The summed E-state index contributed by atoms with van der Waals surface area (Å²) in [7, 11) is 1.49. The summed E-state index contributed by atoms with van der Waals surface area (Å²) in [5.41, 5.74) is 8.55. The molecule has 3 rings (SSSR count). The average molecular weight is 373 g/mol. The molecule has 0 fully saturated rings. The number of amides is 1. The molecule has 0 spiro atoms. The van der Waals surface area contributed by atoms with Crippen LogP contribution < -0.4 is 15.8 Å². The molecular weight excluding hydrogens is 352 g/mol. The molecule has 0 aliphatic rings. The van der Waals surface area contributed by atoms with Crippen molar-refractivity contribution in [2.45, 2.75) is 19.9 Å². The number of ether oxygens (including phenoxy) is 1. The summed E-state index contributed by atoms with van der Waals surface area (Å²) in [5, 5.41) is 3.22. The fraction of sp³-hybridized carbons (Fsp3) is 0.263. The predicted octanol–water partition coefficient (Wildman–Crippen LogP) is 3.27. The first kappa shape index (κ1) is 18.1. The van der Waals surface area contributed by atoms with E-state index in [9.17, 15) is 4.79 Å². The Balaban J connectivity index is 1.72. The molecule has 1 amide bonds. The third-order valence-corrected chi connectivity index (χ3v) is 4.57. The average Bonchev–Trinajstić information content (AvgIpc) is 3.00. The second-order valence-corrected chi connectivity index (χ2v) is 6.25. The number of aromatic nitrogens is 2. The number of nitrogen functional groups attached to an aromatic ring is 1. The SMILES string of the molecule is CCn1c(CCNC(=O)c2cc(Cl)c(N)cc2OC)nc2ccccc21. The van der Waals surface area contributed by atoms with Gasteiger partial charge in [0.15, 0.2) is 0 Å². The molecule has 1 heterocycles. The number of fused-ring (bicyclic) bond motifs is 1. The Hall–Kier alpha value is -2.73. The zero-order valence-corrected chi connectivity index (χ0v) is 15.5. The van der Waals surface area contributed by atoms with E-state index in [2.05, 4.69) is 27.9 Å². The Morgan fingerprint density at radius 2 is 2.12 bits per heavy atom. The number of carbonyl (C=O) groups is 1. The Morgan fingerprint density at radius 3 is 2.85 bits per heavy atom. The van der Waals surface area contributed by atoms with E-state index < -0.39 is 0 Å². The van der Waals surface area contributed by atoms with E-state index >= 15 is 0 Å². The number of benzene rings is 2. The van der Waals surface area contributed by atoms with Crippen LogP contribution in [0.3, 0.4) is 0 Å². The van der Waals surface area contributed by atoms with Gasteiger partial charge in [0.05, 0.1) is 34.4 Å². The molecule has 0 radical (unpaired) electrons. The molecule has 0 saturated heterocycles. The Morgan fingerprint density at radius 1 is 1.35 bits per heavy atom. The van der Waals surface area contributed by atoms with Crippen molar-refractivity contribution in [1.29, 1.82) is 0 Å². The lowest BCUT2D eigenvalue weighted by atomic mass is 10.1. The molecule has 2 aromatic carbocycles. The number of nitrogens with zero attached hydrogens (tertiary/aromatic N) is 2. The van der Waals surface area contributed by atoms with Crippen molar-refractivity contribution >= 4 is 34.2 Å². The summed E-state index contributed by atoms with van der Waals surface area (Å²) < 4.78 is 7.38. The highest BCUT2D eigenvalue weighted by atomic mass is 35.5. The predicted molar refractivity (Wildman–Crippen MR) is 104 cm³/mol. The van der Waals surface area contributed by atoms with Crippen LogP contribution in [0.2, 0.25) is 5.02 Å². The van der Waals surface area contributed by atoms with E-state index in [-0.39, 0.29) is 5.91 Å². The van der Waals surface area contributed by atoms with Crippen molar-refractivity contribution in [1.82, 2.24) is 14.9 Å². The Kier molecular flexibility index (Phi) is 5.32. The molecule has 0 aliphatic heterocycles. The molecule has 0 saturated carbocycles. The van der Waals surface area contributed by atoms with Crippen molar-refractivity contribution in [2.75, 3.05) is 19.4 Å². The number of hydrogen-bond acceptors (Lipinski definition) is 4. The Labute approximate surface area is 156 Å². The second kappa shape index (κ2) is 7.66. The van der Waals surface area contributed by atoms with Gasteiger partial charge < -0.3 is 20.4 Å².